The third-order valence-electron chi connectivity index (χ3n) is 3.33. The van der Waals surface area contributed by atoms with Crippen LogP contribution in [0.2, 0.25) is 0 Å². The van der Waals surface area contributed by atoms with Crippen molar-refractivity contribution in [1.82, 2.24) is 10.3 Å². The minimum atomic E-state index is 0.945. The number of nitrogens with zero attached hydrogens (tertiary/aromatic N) is 1. The van der Waals surface area contributed by atoms with Crippen LogP contribution in [0.1, 0.15) is 16.7 Å². The fourth-order valence-electron chi connectivity index (χ4n) is 2.29. The quantitative estimate of drug-likeness (QED) is 0.846. The van der Waals surface area contributed by atoms with Crippen molar-refractivity contribution in [1.29, 1.82) is 0 Å². The molecule has 2 heterocycles. The van der Waals surface area contributed by atoms with Gasteiger partial charge in [0.1, 0.15) is 5.82 Å². The van der Waals surface area contributed by atoms with Crippen LogP contribution in [0.4, 0.5) is 11.5 Å². The van der Waals surface area contributed by atoms with Crippen LogP contribution in [0.3, 0.4) is 0 Å². The van der Waals surface area contributed by atoms with E-state index in [4.69, 9.17) is 0 Å². The number of fused-ring (bicyclic) bond motifs is 1. The van der Waals surface area contributed by atoms with Gasteiger partial charge in [-0.05, 0) is 43.7 Å². The molecule has 0 bridgehead atoms. The maximum absolute atomic E-state index is 4.47. The van der Waals surface area contributed by atoms with Crippen molar-refractivity contribution in [2.45, 2.75) is 19.9 Å². The molecule has 1 aliphatic rings. The Kier molecular flexibility index (Phi) is 2.99. The number of benzene rings is 1. The number of pyridine rings is 1. The van der Waals surface area contributed by atoms with E-state index in [-0.39, 0.29) is 0 Å². The predicted molar refractivity (Wildman–Crippen MR) is 74.1 cm³/mol. The Bertz CT molecular complexity index is 546. The van der Waals surface area contributed by atoms with Crippen LogP contribution < -0.4 is 10.6 Å². The van der Waals surface area contributed by atoms with Gasteiger partial charge in [0.2, 0.25) is 0 Å². The Morgan fingerprint density at radius 3 is 2.83 bits per heavy atom. The molecule has 0 atom stereocenters. The molecule has 18 heavy (non-hydrogen) atoms. The maximum atomic E-state index is 4.47. The maximum Gasteiger partial charge on any atom is 0.133 e. The molecule has 0 unspecified atom stereocenters. The summed E-state index contributed by atoms with van der Waals surface area (Å²) >= 11 is 0. The molecule has 3 nitrogen and oxygen atoms in total. The van der Waals surface area contributed by atoms with Crippen LogP contribution in [0, 0.1) is 6.92 Å². The van der Waals surface area contributed by atoms with Gasteiger partial charge in [-0.25, -0.2) is 4.98 Å². The number of aryl methyl sites for hydroxylation is 1. The summed E-state index contributed by atoms with van der Waals surface area (Å²) in [4.78, 5) is 4.47. The molecule has 0 saturated carbocycles. The first kappa shape index (κ1) is 11.2. The van der Waals surface area contributed by atoms with Crippen LogP contribution in [-0.2, 0) is 13.0 Å². The molecule has 0 spiro atoms. The lowest BCUT2D eigenvalue weighted by Gasteiger charge is -2.20. The lowest BCUT2D eigenvalue weighted by molar-refractivity contribution is 0.642. The van der Waals surface area contributed by atoms with Crippen LogP contribution in [0.25, 0.3) is 0 Å². The van der Waals surface area contributed by atoms with E-state index in [1.807, 2.05) is 6.20 Å². The first-order valence-electron chi connectivity index (χ1n) is 6.34. The lowest BCUT2D eigenvalue weighted by Crippen LogP contribution is -2.24. The van der Waals surface area contributed by atoms with Crippen LogP contribution >= 0.6 is 0 Å². The highest BCUT2D eigenvalue weighted by molar-refractivity contribution is 5.61. The first-order valence-corrected chi connectivity index (χ1v) is 6.34. The topological polar surface area (TPSA) is 37.0 Å². The average molecular weight is 239 g/mol. The van der Waals surface area contributed by atoms with Crippen molar-refractivity contribution in [2.24, 2.45) is 0 Å². The molecule has 1 aliphatic heterocycles. The highest BCUT2D eigenvalue weighted by Crippen LogP contribution is 2.24. The van der Waals surface area contributed by atoms with Gasteiger partial charge >= 0.3 is 0 Å². The summed E-state index contributed by atoms with van der Waals surface area (Å²) < 4.78 is 0. The number of nitrogens with one attached hydrogen (secondary N) is 2. The third-order valence-corrected chi connectivity index (χ3v) is 3.33. The monoisotopic (exact) mass is 239 g/mol. The molecule has 0 amide bonds. The van der Waals surface area contributed by atoms with E-state index in [0.717, 1.165) is 31.0 Å². The minimum absolute atomic E-state index is 0.945. The molecule has 0 saturated heterocycles. The van der Waals surface area contributed by atoms with Gasteiger partial charge in [0.25, 0.3) is 0 Å². The molecule has 2 N–H and O–H groups in total. The summed E-state index contributed by atoms with van der Waals surface area (Å²) in [5.41, 5.74) is 5.07. The average Bonchev–Trinajstić information content (AvgIpc) is 2.42. The zero-order valence-electron chi connectivity index (χ0n) is 10.5. The van der Waals surface area contributed by atoms with Crippen molar-refractivity contribution in [3.63, 3.8) is 0 Å². The normalized spacial score (nSPS) is 14.1. The Hall–Kier alpha value is -1.87. The minimum Gasteiger partial charge on any atom is -0.340 e. The smallest absolute Gasteiger partial charge is 0.133 e. The van der Waals surface area contributed by atoms with Crippen molar-refractivity contribution < 1.29 is 0 Å². The summed E-state index contributed by atoms with van der Waals surface area (Å²) in [6.45, 7) is 4.07. The molecule has 3 heteroatoms. The summed E-state index contributed by atoms with van der Waals surface area (Å²) in [6, 6.07) is 10.5. The van der Waals surface area contributed by atoms with Crippen LogP contribution in [0.5, 0.6) is 0 Å². The van der Waals surface area contributed by atoms with E-state index in [0.29, 0.717) is 0 Å². The molecule has 3 rings (SSSR count). The Morgan fingerprint density at radius 2 is 2.00 bits per heavy atom. The summed E-state index contributed by atoms with van der Waals surface area (Å²) in [5.74, 6) is 0.998. The lowest BCUT2D eigenvalue weighted by atomic mass is 10.0. The molecule has 1 aromatic heterocycles. The molecule has 1 aromatic carbocycles. The molecular weight excluding hydrogens is 222 g/mol. The van der Waals surface area contributed by atoms with E-state index in [9.17, 15) is 0 Å². The number of rotatable bonds is 2. The van der Waals surface area contributed by atoms with Crippen LogP contribution in [0.15, 0.2) is 36.5 Å². The SMILES string of the molecule is Cc1ccc(Nc2nccc3c2CCNC3)cc1. The highest BCUT2D eigenvalue weighted by atomic mass is 15.0. The Balaban J connectivity index is 1.90. The van der Waals surface area contributed by atoms with Gasteiger partial charge in [0, 0.05) is 24.0 Å². The van der Waals surface area contributed by atoms with Gasteiger partial charge in [0.15, 0.2) is 0 Å². The van der Waals surface area contributed by atoms with Crippen molar-refractivity contribution in [3.05, 3.63) is 53.2 Å². The van der Waals surface area contributed by atoms with E-state index in [2.05, 4.69) is 52.9 Å². The zero-order valence-corrected chi connectivity index (χ0v) is 10.5. The van der Waals surface area contributed by atoms with Gasteiger partial charge < -0.3 is 10.6 Å². The van der Waals surface area contributed by atoms with Gasteiger partial charge in [-0.3, -0.25) is 0 Å². The van der Waals surface area contributed by atoms with E-state index < -0.39 is 0 Å². The molecule has 2 aromatic rings. The molecule has 0 radical (unpaired) electrons. The number of anilines is 2. The fourth-order valence-corrected chi connectivity index (χ4v) is 2.29. The Morgan fingerprint density at radius 1 is 1.17 bits per heavy atom. The summed E-state index contributed by atoms with van der Waals surface area (Å²) in [5, 5.41) is 6.80. The summed E-state index contributed by atoms with van der Waals surface area (Å²) in [6.07, 6.45) is 2.92. The summed E-state index contributed by atoms with van der Waals surface area (Å²) in [7, 11) is 0. The molecule has 0 fully saturated rings. The van der Waals surface area contributed by atoms with Gasteiger partial charge in [-0.1, -0.05) is 17.7 Å². The van der Waals surface area contributed by atoms with E-state index in [1.54, 1.807) is 0 Å². The second kappa shape index (κ2) is 4.78. The van der Waals surface area contributed by atoms with E-state index >= 15 is 0 Å². The zero-order chi connectivity index (χ0) is 12.4. The van der Waals surface area contributed by atoms with Crippen molar-refractivity contribution in [3.8, 4) is 0 Å². The highest BCUT2D eigenvalue weighted by Gasteiger charge is 2.13. The van der Waals surface area contributed by atoms with Gasteiger partial charge in [-0.15, -0.1) is 0 Å². The van der Waals surface area contributed by atoms with Gasteiger partial charge in [0.05, 0.1) is 0 Å². The van der Waals surface area contributed by atoms with Crippen LogP contribution in [-0.4, -0.2) is 11.5 Å². The largest absolute Gasteiger partial charge is 0.340 e. The fraction of sp³-hybridized carbons (Fsp3) is 0.267. The first-order chi connectivity index (χ1) is 8.83. The second-order valence-electron chi connectivity index (χ2n) is 4.72. The standard InChI is InChI=1S/C15H17N3/c1-11-2-4-13(5-3-11)18-15-14-7-8-16-10-12(14)6-9-17-15/h2-6,9,16H,7-8,10H2,1H3,(H,17,18). The van der Waals surface area contributed by atoms with E-state index in [1.165, 1.54) is 16.7 Å². The predicted octanol–water partition coefficient (Wildman–Crippen LogP) is 2.78. The van der Waals surface area contributed by atoms with Crippen molar-refractivity contribution in [2.75, 3.05) is 11.9 Å². The molecule has 0 aliphatic carbocycles. The van der Waals surface area contributed by atoms with Crippen molar-refractivity contribution >= 4 is 11.5 Å². The molecule has 92 valence electrons. The second-order valence-corrected chi connectivity index (χ2v) is 4.72. The number of hydrogen-bond donors (Lipinski definition) is 2. The third kappa shape index (κ3) is 2.22. The molecular formula is C15H17N3. The van der Waals surface area contributed by atoms with Gasteiger partial charge in [-0.2, -0.15) is 0 Å². The number of aromatic nitrogens is 1. The number of hydrogen-bond acceptors (Lipinski definition) is 3. The Labute approximate surface area is 107 Å².